The van der Waals surface area contributed by atoms with Crippen molar-refractivity contribution in [3.05, 3.63) is 23.2 Å². The molecule has 0 spiro atoms. The molecule has 1 saturated carbocycles. The number of benzene rings is 1. The summed E-state index contributed by atoms with van der Waals surface area (Å²) in [5.74, 6) is 0.440. The highest BCUT2D eigenvalue weighted by atomic mass is 32.2. The van der Waals surface area contributed by atoms with E-state index in [2.05, 4.69) is 44.1 Å². The number of aromatic nitrogens is 4. The summed E-state index contributed by atoms with van der Waals surface area (Å²) in [5, 5.41) is 11.2. The van der Waals surface area contributed by atoms with Gasteiger partial charge in [-0.2, -0.15) is 0 Å². The van der Waals surface area contributed by atoms with Gasteiger partial charge in [-0.15, -0.1) is 10.2 Å². The standard InChI is InChI=1S/C21H25F2N7O2S2/c1-11-9-30(10-12(2)24-11)20-25-15-5-4-13(34(31,32)29-21(3)6-7-21)8-14(15)16(26-20)18-27-28-19(33-18)17(22)23/h4-5,8,11-12,17,24,29H,6-7,9-10H2,1-3H3/t11-,12+. The van der Waals surface area contributed by atoms with Crippen LogP contribution >= 0.6 is 11.3 Å². The Bertz CT molecular complexity index is 1330. The molecule has 0 unspecified atom stereocenters. The topological polar surface area (TPSA) is 113 Å². The summed E-state index contributed by atoms with van der Waals surface area (Å²) in [6, 6.07) is 5.03. The summed E-state index contributed by atoms with van der Waals surface area (Å²) in [6.07, 6.45) is -1.20. The molecule has 3 aromatic rings. The third kappa shape index (κ3) is 4.61. The Morgan fingerprint density at radius 2 is 1.88 bits per heavy atom. The van der Waals surface area contributed by atoms with Crippen LogP contribution in [-0.4, -0.2) is 59.3 Å². The molecule has 182 valence electrons. The molecular weight excluding hydrogens is 484 g/mol. The maximum atomic E-state index is 13.2. The lowest BCUT2D eigenvalue weighted by molar-refractivity contribution is 0.150. The quantitative estimate of drug-likeness (QED) is 0.521. The van der Waals surface area contributed by atoms with Crippen molar-refractivity contribution >= 4 is 38.2 Å². The summed E-state index contributed by atoms with van der Waals surface area (Å²) in [6.45, 7) is 7.32. The lowest BCUT2D eigenvalue weighted by atomic mass is 10.1. The van der Waals surface area contributed by atoms with Crippen molar-refractivity contribution in [1.29, 1.82) is 0 Å². The smallest absolute Gasteiger partial charge is 0.291 e. The molecule has 5 rings (SSSR count). The van der Waals surface area contributed by atoms with E-state index < -0.39 is 27.0 Å². The number of nitrogens with one attached hydrogen (secondary N) is 2. The molecule has 0 radical (unpaired) electrons. The molecule has 1 aliphatic carbocycles. The number of halogens is 2. The number of hydrogen-bond acceptors (Lipinski definition) is 9. The van der Waals surface area contributed by atoms with E-state index in [1.54, 1.807) is 6.07 Å². The summed E-state index contributed by atoms with van der Waals surface area (Å²) in [7, 11) is -3.78. The van der Waals surface area contributed by atoms with Gasteiger partial charge in [0.25, 0.3) is 6.43 Å². The number of hydrogen-bond donors (Lipinski definition) is 2. The van der Waals surface area contributed by atoms with Crippen LogP contribution < -0.4 is 14.9 Å². The second-order valence-electron chi connectivity index (χ2n) is 9.34. The van der Waals surface area contributed by atoms with E-state index >= 15 is 0 Å². The number of rotatable bonds is 6. The molecule has 2 aromatic heterocycles. The SMILES string of the molecule is C[C@@H]1CN(c2nc(-c3nnc(C(F)F)s3)c3cc(S(=O)(=O)NC4(C)CC4)ccc3n2)C[C@H](C)N1. The average Bonchev–Trinajstić information content (AvgIpc) is 3.27. The van der Waals surface area contributed by atoms with Crippen LogP contribution in [0.4, 0.5) is 14.7 Å². The molecule has 2 fully saturated rings. The highest BCUT2D eigenvalue weighted by molar-refractivity contribution is 7.89. The van der Waals surface area contributed by atoms with Gasteiger partial charge in [0.1, 0.15) is 5.69 Å². The van der Waals surface area contributed by atoms with Gasteiger partial charge in [0.05, 0.1) is 10.4 Å². The predicted molar refractivity (Wildman–Crippen MR) is 126 cm³/mol. The second-order valence-corrected chi connectivity index (χ2v) is 12.0. The van der Waals surface area contributed by atoms with E-state index in [0.29, 0.717) is 29.9 Å². The third-order valence-corrected chi connectivity index (χ3v) is 8.59. The van der Waals surface area contributed by atoms with E-state index in [1.165, 1.54) is 12.1 Å². The van der Waals surface area contributed by atoms with E-state index in [1.807, 2.05) is 11.8 Å². The van der Waals surface area contributed by atoms with Gasteiger partial charge in [0.15, 0.2) is 10.0 Å². The van der Waals surface area contributed by atoms with Gasteiger partial charge < -0.3 is 10.2 Å². The molecule has 1 aromatic carbocycles. The van der Waals surface area contributed by atoms with Crippen LogP contribution in [0.3, 0.4) is 0 Å². The zero-order valence-electron chi connectivity index (χ0n) is 18.9. The number of anilines is 1. The Balaban J connectivity index is 1.64. The van der Waals surface area contributed by atoms with Gasteiger partial charge >= 0.3 is 0 Å². The van der Waals surface area contributed by atoms with E-state index in [-0.39, 0.29) is 27.7 Å². The molecule has 3 heterocycles. The van der Waals surface area contributed by atoms with Crippen molar-refractivity contribution < 1.29 is 17.2 Å². The Morgan fingerprint density at radius 1 is 1.18 bits per heavy atom. The molecule has 9 nitrogen and oxygen atoms in total. The van der Waals surface area contributed by atoms with Crippen molar-refractivity contribution in [3.63, 3.8) is 0 Å². The highest BCUT2D eigenvalue weighted by Crippen LogP contribution is 2.37. The number of piperazine rings is 1. The minimum Gasteiger partial charge on any atom is -0.338 e. The van der Waals surface area contributed by atoms with Crippen LogP contribution in [-0.2, 0) is 10.0 Å². The van der Waals surface area contributed by atoms with Gasteiger partial charge in [-0.1, -0.05) is 11.3 Å². The summed E-state index contributed by atoms with van der Waals surface area (Å²) < 4.78 is 55.1. The first-order valence-electron chi connectivity index (χ1n) is 11.0. The number of sulfonamides is 1. The monoisotopic (exact) mass is 509 g/mol. The van der Waals surface area contributed by atoms with E-state index in [0.717, 1.165) is 24.2 Å². The first-order valence-corrected chi connectivity index (χ1v) is 13.3. The molecule has 1 saturated heterocycles. The Kier molecular flexibility index (Phi) is 5.78. The van der Waals surface area contributed by atoms with Gasteiger partial charge in [0, 0.05) is 36.1 Å². The van der Waals surface area contributed by atoms with Crippen molar-refractivity contribution in [2.45, 2.75) is 62.6 Å². The van der Waals surface area contributed by atoms with Crippen molar-refractivity contribution in [2.24, 2.45) is 0 Å². The normalized spacial score (nSPS) is 22.5. The first kappa shape index (κ1) is 23.4. The van der Waals surface area contributed by atoms with Crippen LogP contribution in [0.15, 0.2) is 23.1 Å². The fraction of sp³-hybridized carbons (Fsp3) is 0.524. The number of alkyl halides is 2. The van der Waals surface area contributed by atoms with Crippen molar-refractivity contribution in [3.8, 4) is 10.7 Å². The lowest BCUT2D eigenvalue weighted by Gasteiger charge is -2.36. The maximum absolute atomic E-state index is 13.2. The molecule has 2 atom stereocenters. The van der Waals surface area contributed by atoms with Crippen molar-refractivity contribution in [1.82, 2.24) is 30.2 Å². The van der Waals surface area contributed by atoms with Crippen LogP contribution in [0, 0.1) is 0 Å². The van der Waals surface area contributed by atoms with Crippen LogP contribution in [0.1, 0.15) is 45.0 Å². The highest BCUT2D eigenvalue weighted by Gasteiger charge is 2.41. The molecule has 13 heteroatoms. The van der Waals surface area contributed by atoms with Gasteiger partial charge in [-0.25, -0.2) is 31.9 Å². The minimum absolute atomic E-state index is 0.0636. The van der Waals surface area contributed by atoms with Crippen LogP contribution in [0.25, 0.3) is 21.6 Å². The van der Waals surface area contributed by atoms with Gasteiger partial charge in [-0.05, 0) is 51.8 Å². The fourth-order valence-corrected chi connectivity index (χ4v) is 6.34. The largest absolute Gasteiger partial charge is 0.338 e. The Morgan fingerprint density at radius 3 is 2.50 bits per heavy atom. The van der Waals surface area contributed by atoms with Crippen LogP contribution in [0.5, 0.6) is 0 Å². The van der Waals surface area contributed by atoms with Crippen LogP contribution in [0.2, 0.25) is 0 Å². The fourth-order valence-electron chi connectivity index (χ4n) is 4.15. The third-order valence-electron chi connectivity index (χ3n) is 6.02. The zero-order valence-corrected chi connectivity index (χ0v) is 20.6. The molecule has 0 bridgehead atoms. The van der Waals surface area contributed by atoms with Crippen molar-refractivity contribution in [2.75, 3.05) is 18.0 Å². The van der Waals surface area contributed by atoms with E-state index in [4.69, 9.17) is 0 Å². The molecule has 0 amide bonds. The van der Waals surface area contributed by atoms with E-state index in [9.17, 15) is 17.2 Å². The molecule has 34 heavy (non-hydrogen) atoms. The molecule has 2 N–H and O–H groups in total. The maximum Gasteiger partial charge on any atom is 0.291 e. The minimum atomic E-state index is -3.78. The summed E-state index contributed by atoms with van der Waals surface area (Å²) in [4.78, 5) is 11.5. The number of fused-ring (bicyclic) bond motifs is 1. The predicted octanol–water partition coefficient (Wildman–Crippen LogP) is 3.10. The second kappa shape index (κ2) is 8.40. The summed E-state index contributed by atoms with van der Waals surface area (Å²) in [5.41, 5.74) is 0.361. The zero-order chi connectivity index (χ0) is 24.3. The molecule has 1 aliphatic heterocycles. The molecule has 2 aliphatic rings. The first-order chi connectivity index (χ1) is 16.0. The molecular formula is C21H25F2N7O2S2. The summed E-state index contributed by atoms with van der Waals surface area (Å²) >= 11 is 0.740. The number of nitrogens with zero attached hydrogens (tertiary/aromatic N) is 5. The van der Waals surface area contributed by atoms with Gasteiger partial charge in [0.2, 0.25) is 16.0 Å². The lowest BCUT2D eigenvalue weighted by Crippen LogP contribution is -2.54. The van der Waals surface area contributed by atoms with Gasteiger partial charge in [-0.3, -0.25) is 0 Å². The Hall–Kier alpha value is -2.35. The average molecular weight is 510 g/mol. The Labute approximate surface area is 200 Å².